The summed E-state index contributed by atoms with van der Waals surface area (Å²) in [6, 6.07) is 0. The number of likely N-dealkylation sites (tertiary alicyclic amines) is 1. The molecule has 0 radical (unpaired) electrons. The van der Waals surface area contributed by atoms with Crippen LogP contribution in [-0.2, 0) is 9.47 Å². The summed E-state index contributed by atoms with van der Waals surface area (Å²) in [6.45, 7) is 9.34. The standard InChI is InChI=1S/C12H26N2O2/c1-11(2)6-7-14(9-11)12(3,8-13)10(15-4)16-5/h10H,6-9,13H2,1-5H3. The lowest BCUT2D eigenvalue weighted by atomic mass is 9.92. The maximum atomic E-state index is 5.93. The van der Waals surface area contributed by atoms with Crippen molar-refractivity contribution >= 4 is 0 Å². The van der Waals surface area contributed by atoms with E-state index < -0.39 is 0 Å². The van der Waals surface area contributed by atoms with Crippen molar-refractivity contribution in [3.63, 3.8) is 0 Å². The molecule has 4 nitrogen and oxygen atoms in total. The molecule has 1 saturated heterocycles. The van der Waals surface area contributed by atoms with Gasteiger partial charge < -0.3 is 15.2 Å². The Labute approximate surface area is 99.1 Å². The van der Waals surface area contributed by atoms with Crippen LogP contribution in [0.25, 0.3) is 0 Å². The summed E-state index contributed by atoms with van der Waals surface area (Å²) < 4.78 is 10.8. The minimum atomic E-state index is -0.272. The van der Waals surface area contributed by atoms with Gasteiger partial charge >= 0.3 is 0 Å². The molecule has 0 aromatic carbocycles. The first kappa shape index (κ1) is 13.9. The van der Waals surface area contributed by atoms with E-state index in [-0.39, 0.29) is 11.8 Å². The van der Waals surface area contributed by atoms with Crippen LogP contribution in [0.15, 0.2) is 0 Å². The van der Waals surface area contributed by atoms with Crippen molar-refractivity contribution in [3.05, 3.63) is 0 Å². The van der Waals surface area contributed by atoms with Crippen LogP contribution in [0.2, 0.25) is 0 Å². The van der Waals surface area contributed by atoms with E-state index in [1.165, 1.54) is 6.42 Å². The summed E-state index contributed by atoms with van der Waals surface area (Å²) in [7, 11) is 3.34. The highest BCUT2D eigenvalue weighted by Gasteiger charge is 2.44. The number of nitrogens with two attached hydrogens (primary N) is 1. The van der Waals surface area contributed by atoms with Gasteiger partial charge in [0.15, 0.2) is 6.29 Å². The molecule has 0 aromatic rings. The monoisotopic (exact) mass is 230 g/mol. The molecule has 1 rings (SSSR count). The largest absolute Gasteiger partial charge is 0.354 e. The Bertz CT molecular complexity index is 229. The number of rotatable bonds is 5. The maximum Gasteiger partial charge on any atom is 0.176 e. The second kappa shape index (κ2) is 5.00. The molecule has 16 heavy (non-hydrogen) atoms. The summed E-state index contributed by atoms with van der Waals surface area (Å²) in [5, 5.41) is 0. The van der Waals surface area contributed by atoms with Gasteiger partial charge in [-0.05, 0) is 25.3 Å². The summed E-state index contributed by atoms with van der Waals surface area (Å²) in [5.74, 6) is 0. The molecule has 0 amide bonds. The number of methoxy groups -OCH3 is 2. The molecule has 2 N–H and O–H groups in total. The zero-order valence-corrected chi connectivity index (χ0v) is 11.2. The third-order valence-electron chi connectivity index (χ3n) is 3.75. The molecule has 0 saturated carbocycles. The van der Waals surface area contributed by atoms with E-state index in [1.807, 2.05) is 0 Å². The van der Waals surface area contributed by atoms with Crippen molar-refractivity contribution in [2.24, 2.45) is 11.1 Å². The smallest absolute Gasteiger partial charge is 0.176 e. The van der Waals surface area contributed by atoms with E-state index >= 15 is 0 Å². The third kappa shape index (κ3) is 2.56. The first-order valence-electron chi connectivity index (χ1n) is 5.90. The Kier molecular flexibility index (Phi) is 4.35. The summed E-state index contributed by atoms with van der Waals surface area (Å²) in [5.41, 5.74) is 6.05. The normalized spacial score (nSPS) is 24.9. The molecule has 4 heteroatoms. The molecule has 96 valence electrons. The molecule has 1 unspecified atom stereocenters. The Morgan fingerprint density at radius 3 is 2.25 bits per heavy atom. The highest BCUT2D eigenvalue weighted by atomic mass is 16.7. The fourth-order valence-corrected chi connectivity index (χ4v) is 2.53. The van der Waals surface area contributed by atoms with Gasteiger partial charge in [-0.2, -0.15) is 0 Å². The van der Waals surface area contributed by atoms with Crippen LogP contribution in [0.4, 0.5) is 0 Å². The van der Waals surface area contributed by atoms with E-state index in [4.69, 9.17) is 15.2 Å². The van der Waals surface area contributed by atoms with E-state index in [0.717, 1.165) is 13.1 Å². The Balaban J connectivity index is 2.80. The Morgan fingerprint density at radius 2 is 1.94 bits per heavy atom. The van der Waals surface area contributed by atoms with Crippen molar-refractivity contribution in [3.8, 4) is 0 Å². The topological polar surface area (TPSA) is 47.7 Å². The Hall–Kier alpha value is -0.160. The number of ether oxygens (including phenoxy) is 2. The molecule has 1 aliphatic heterocycles. The lowest BCUT2D eigenvalue weighted by Gasteiger charge is -2.42. The average molecular weight is 230 g/mol. The van der Waals surface area contributed by atoms with Gasteiger partial charge in [0.2, 0.25) is 0 Å². The first-order chi connectivity index (χ1) is 7.39. The van der Waals surface area contributed by atoms with E-state index in [1.54, 1.807) is 14.2 Å². The zero-order valence-electron chi connectivity index (χ0n) is 11.2. The minimum Gasteiger partial charge on any atom is -0.354 e. The molecule has 0 aromatic heterocycles. The van der Waals surface area contributed by atoms with Crippen molar-refractivity contribution < 1.29 is 9.47 Å². The number of hydrogen-bond donors (Lipinski definition) is 1. The molecule has 1 heterocycles. The van der Waals surface area contributed by atoms with Crippen LogP contribution in [0.3, 0.4) is 0 Å². The molecule has 1 atom stereocenters. The van der Waals surface area contributed by atoms with Gasteiger partial charge in [-0.1, -0.05) is 13.8 Å². The van der Waals surface area contributed by atoms with Crippen LogP contribution in [0.1, 0.15) is 27.2 Å². The zero-order chi connectivity index (χ0) is 12.4. The van der Waals surface area contributed by atoms with Crippen LogP contribution in [-0.4, -0.2) is 50.6 Å². The van der Waals surface area contributed by atoms with Gasteiger partial charge in [0.1, 0.15) is 0 Å². The molecular formula is C12H26N2O2. The minimum absolute atomic E-state index is 0.239. The van der Waals surface area contributed by atoms with Gasteiger partial charge in [0.25, 0.3) is 0 Å². The van der Waals surface area contributed by atoms with E-state index in [0.29, 0.717) is 12.0 Å². The van der Waals surface area contributed by atoms with Gasteiger partial charge in [0, 0.05) is 27.3 Å². The molecule has 0 aliphatic carbocycles. The van der Waals surface area contributed by atoms with Crippen molar-refractivity contribution in [1.82, 2.24) is 4.90 Å². The summed E-state index contributed by atoms with van der Waals surface area (Å²) >= 11 is 0. The molecule has 1 aliphatic rings. The molecule has 0 spiro atoms. The maximum absolute atomic E-state index is 5.93. The quantitative estimate of drug-likeness (QED) is 0.717. The fraction of sp³-hybridized carbons (Fsp3) is 1.00. The van der Waals surface area contributed by atoms with Crippen molar-refractivity contribution in [1.29, 1.82) is 0 Å². The van der Waals surface area contributed by atoms with Gasteiger partial charge in [0.05, 0.1) is 5.54 Å². The van der Waals surface area contributed by atoms with Gasteiger partial charge in [-0.15, -0.1) is 0 Å². The number of nitrogens with zero attached hydrogens (tertiary/aromatic N) is 1. The van der Waals surface area contributed by atoms with Gasteiger partial charge in [-0.25, -0.2) is 0 Å². The summed E-state index contributed by atoms with van der Waals surface area (Å²) in [4.78, 5) is 2.39. The fourth-order valence-electron chi connectivity index (χ4n) is 2.53. The molecular weight excluding hydrogens is 204 g/mol. The summed E-state index contributed by atoms with van der Waals surface area (Å²) in [6.07, 6.45) is 0.925. The molecule has 0 bridgehead atoms. The average Bonchev–Trinajstić information content (AvgIpc) is 2.60. The molecule has 1 fully saturated rings. The lowest BCUT2D eigenvalue weighted by Crippen LogP contribution is -2.59. The highest BCUT2D eigenvalue weighted by molar-refractivity contribution is 4.97. The lowest BCUT2D eigenvalue weighted by molar-refractivity contribution is -0.178. The number of hydrogen-bond acceptors (Lipinski definition) is 4. The first-order valence-corrected chi connectivity index (χ1v) is 5.90. The predicted molar refractivity (Wildman–Crippen MR) is 65.2 cm³/mol. The van der Waals surface area contributed by atoms with Crippen LogP contribution < -0.4 is 5.73 Å². The highest BCUT2D eigenvalue weighted by Crippen LogP contribution is 2.35. The Morgan fingerprint density at radius 1 is 1.38 bits per heavy atom. The van der Waals surface area contributed by atoms with Crippen molar-refractivity contribution in [2.45, 2.75) is 39.0 Å². The van der Waals surface area contributed by atoms with E-state index in [9.17, 15) is 0 Å². The van der Waals surface area contributed by atoms with Crippen LogP contribution in [0.5, 0.6) is 0 Å². The third-order valence-corrected chi connectivity index (χ3v) is 3.75. The van der Waals surface area contributed by atoms with Crippen LogP contribution in [0, 0.1) is 5.41 Å². The second-order valence-corrected chi connectivity index (χ2v) is 5.70. The predicted octanol–water partition coefficient (Wildman–Crippen LogP) is 1.05. The SMILES string of the molecule is COC(OC)C(C)(CN)N1CCC(C)(C)C1. The van der Waals surface area contributed by atoms with Gasteiger partial charge in [-0.3, -0.25) is 4.90 Å². The van der Waals surface area contributed by atoms with Crippen LogP contribution >= 0.6 is 0 Å². The second-order valence-electron chi connectivity index (χ2n) is 5.70. The van der Waals surface area contributed by atoms with E-state index in [2.05, 4.69) is 25.7 Å². The van der Waals surface area contributed by atoms with Crippen molar-refractivity contribution in [2.75, 3.05) is 33.9 Å².